The van der Waals surface area contributed by atoms with Gasteiger partial charge < -0.3 is 25.3 Å². The molecule has 0 bridgehead atoms. The van der Waals surface area contributed by atoms with Crippen LogP contribution in [0, 0.1) is 0 Å². The molecular weight excluding hydrogens is 272 g/mol. The smallest absolute Gasteiger partial charge is 0.255 e. The van der Waals surface area contributed by atoms with Crippen molar-refractivity contribution in [2.45, 2.75) is 32.3 Å². The van der Waals surface area contributed by atoms with Gasteiger partial charge in [0.25, 0.3) is 5.91 Å². The summed E-state index contributed by atoms with van der Waals surface area (Å²) in [5, 5.41) is 3.33. The predicted octanol–water partition coefficient (Wildman–Crippen LogP) is 0.792. The molecule has 1 aliphatic rings. The molecule has 1 aromatic carbocycles. The number of carbonyl (C=O) groups excluding carboxylic acids is 1. The Bertz CT molecular complexity index is 473. The second-order valence-corrected chi connectivity index (χ2v) is 5.48. The minimum Gasteiger partial charge on any atom is -0.484 e. The van der Waals surface area contributed by atoms with E-state index >= 15 is 0 Å². The summed E-state index contributed by atoms with van der Waals surface area (Å²) >= 11 is 0. The quantitative estimate of drug-likeness (QED) is 0.777. The average molecular weight is 294 g/mol. The number of rotatable bonds is 7. The third kappa shape index (κ3) is 5.34. The lowest BCUT2D eigenvalue weighted by Gasteiger charge is -2.17. The molecule has 1 fully saturated rings. The first-order valence-corrected chi connectivity index (χ1v) is 6.97. The minimum atomic E-state index is -0.484. The highest BCUT2D eigenvalue weighted by Gasteiger charge is 2.32. The van der Waals surface area contributed by atoms with Crippen molar-refractivity contribution in [1.82, 2.24) is 5.32 Å². The zero-order valence-corrected chi connectivity index (χ0v) is 12.4. The van der Waals surface area contributed by atoms with Crippen LogP contribution in [-0.4, -0.2) is 37.6 Å². The molecule has 0 spiro atoms. The fraction of sp³-hybridized carbons (Fsp3) is 0.533. The van der Waals surface area contributed by atoms with Crippen LogP contribution < -0.4 is 15.8 Å². The maximum absolute atomic E-state index is 10.6. The molecule has 2 rings (SSSR count). The van der Waals surface area contributed by atoms with Crippen molar-refractivity contribution in [2.24, 2.45) is 5.73 Å². The fourth-order valence-electron chi connectivity index (χ4n) is 2.10. The summed E-state index contributed by atoms with van der Waals surface area (Å²) in [5.74, 6) is -0.333. The molecule has 1 saturated heterocycles. The van der Waals surface area contributed by atoms with Crippen molar-refractivity contribution in [3.8, 4) is 5.75 Å². The molecule has 0 aromatic heterocycles. The fourth-order valence-corrected chi connectivity index (χ4v) is 2.10. The van der Waals surface area contributed by atoms with Crippen LogP contribution in [0.1, 0.15) is 19.4 Å². The Labute approximate surface area is 124 Å². The second kappa shape index (κ2) is 6.89. The largest absolute Gasteiger partial charge is 0.484 e. The number of ether oxygens (including phenoxy) is 3. The minimum absolute atomic E-state index is 0.0816. The van der Waals surface area contributed by atoms with Gasteiger partial charge in [-0.15, -0.1) is 0 Å². The summed E-state index contributed by atoms with van der Waals surface area (Å²) in [7, 11) is 0. The van der Waals surface area contributed by atoms with E-state index in [2.05, 4.69) is 5.32 Å². The van der Waals surface area contributed by atoms with Crippen molar-refractivity contribution < 1.29 is 19.0 Å². The number of nitrogens with one attached hydrogen (secondary N) is 1. The normalized spacial score (nSPS) is 20.4. The Kier molecular flexibility index (Phi) is 5.17. The van der Waals surface area contributed by atoms with E-state index in [0.717, 1.165) is 18.7 Å². The second-order valence-electron chi connectivity index (χ2n) is 5.48. The monoisotopic (exact) mass is 294 g/mol. The number of nitrogens with two attached hydrogens (primary N) is 1. The topological polar surface area (TPSA) is 82.8 Å². The van der Waals surface area contributed by atoms with Crippen molar-refractivity contribution >= 4 is 5.91 Å². The number of hydrogen-bond acceptors (Lipinski definition) is 5. The molecule has 1 aromatic rings. The standard InChI is InChI=1S/C15H22N2O4/c1-15(2)20-9-13(21-15)8-17-7-11-3-5-12(6-4-11)19-10-14(16)18/h3-6,13,17H,7-10H2,1-2H3,(H2,16,18). The van der Waals surface area contributed by atoms with E-state index in [9.17, 15) is 4.79 Å². The van der Waals surface area contributed by atoms with Gasteiger partial charge >= 0.3 is 0 Å². The van der Waals surface area contributed by atoms with Crippen LogP contribution in [0.15, 0.2) is 24.3 Å². The predicted molar refractivity (Wildman–Crippen MR) is 77.7 cm³/mol. The van der Waals surface area contributed by atoms with Crippen LogP contribution in [0.3, 0.4) is 0 Å². The summed E-state index contributed by atoms with van der Waals surface area (Å²) in [4.78, 5) is 10.6. The molecule has 1 heterocycles. The van der Waals surface area contributed by atoms with E-state index in [1.807, 2.05) is 38.1 Å². The Morgan fingerprint density at radius 2 is 2.14 bits per heavy atom. The van der Waals surface area contributed by atoms with Crippen LogP contribution in [0.4, 0.5) is 0 Å². The average Bonchev–Trinajstić information content (AvgIpc) is 2.77. The van der Waals surface area contributed by atoms with Crippen LogP contribution >= 0.6 is 0 Å². The highest BCUT2D eigenvalue weighted by Crippen LogP contribution is 2.21. The molecule has 0 saturated carbocycles. The Morgan fingerprint density at radius 3 is 2.71 bits per heavy atom. The van der Waals surface area contributed by atoms with Gasteiger partial charge in [-0.1, -0.05) is 12.1 Å². The van der Waals surface area contributed by atoms with E-state index in [4.69, 9.17) is 19.9 Å². The Hall–Kier alpha value is -1.63. The maximum Gasteiger partial charge on any atom is 0.255 e. The molecule has 0 aliphatic carbocycles. The van der Waals surface area contributed by atoms with Crippen LogP contribution in [0.25, 0.3) is 0 Å². The molecule has 3 N–H and O–H groups in total. The number of amides is 1. The first-order valence-electron chi connectivity index (χ1n) is 6.97. The van der Waals surface area contributed by atoms with E-state index in [0.29, 0.717) is 12.4 Å². The van der Waals surface area contributed by atoms with Crippen LogP contribution in [0.5, 0.6) is 5.75 Å². The van der Waals surface area contributed by atoms with Crippen molar-refractivity contribution in [3.63, 3.8) is 0 Å². The number of hydrogen-bond donors (Lipinski definition) is 2. The van der Waals surface area contributed by atoms with Gasteiger partial charge in [0.05, 0.1) is 12.7 Å². The van der Waals surface area contributed by atoms with Crippen molar-refractivity contribution in [1.29, 1.82) is 0 Å². The number of primary amides is 1. The van der Waals surface area contributed by atoms with Crippen LogP contribution in [0.2, 0.25) is 0 Å². The maximum atomic E-state index is 10.6. The summed E-state index contributed by atoms with van der Waals surface area (Å²) < 4.78 is 16.4. The van der Waals surface area contributed by atoms with Crippen molar-refractivity contribution in [3.05, 3.63) is 29.8 Å². The van der Waals surface area contributed by atoms with Gasteiger partial charge in [-0.25, -0.2) is 0 Å². The molecule has 6 nitrogen and oxygen atoms in total. The highest BCUT2D eigenvalue weighted by molar-refractivity contribution is 5.75. The van der Waals surface area contributed by atoms with Gasteiger partial charge in [0, 0.05) is 13.1 Å². The lowest BCUT2D eigenvalue weighted by molar-refractivity contribution is -0.137. The van der Waals surface area contributed by atoms with E-state index in [-0.39, 0.29) is 12.7 Å². The van der Waals surface area contributed by atoms with Crippen molar-refractivity contribution in [2.75, 3.05) is 19.8 Å². The molecule has 1 unspecified atom stereocenters. The molecule has 6 heteroatoms. The molecular formula is C15H22N2O4. The van der Waals surface area contributed by atoms with Crippen LogP contribution in [-0.2, 0) is 20.8 Å². The SMILES string of the molecule is CC1(C)OCC(CNCc2ccc(OCC(N)=O)cc2)O1. The molecule has 1 amide bonds. The lowest BCUT2D eigenvalue weighted by Crippen LogP contribution is -2.30. The van der Waals surface area contributed by atoms with Gasteiger partial charge in [-0.2, -0.15) is 0 Å². The summed E-state index contributed by atoms with van der Waals surface area (Å²) in [6.07, 6.45) is 0.0816. The zero-order chi connectivity index (χ0) is 15.3. The third-order valence-electron chi connectivity index (χ3n) is 3.07. The summed E-state index contributed by atoms with van der Waals surface area (Å²) in [5.41, 5.74) is 6.14. The Morgan fingerprint density at radius 1 is 1.43 bits per heavy atom. The molecule has 21 heavy (non-hydrogen) atoms. The lowest BCUT2D eigenvalue weighted by atomic mass is 10.2. The van der Waals surface area contributed by atoms with E-state index in [1.54, 1.807) is 0 Å². The van der Waals surface area contributed by atoms with Gasteiger partial charge in [-0.3, -0.25) is 4.79 Å². The van der Waals surface area contributed by atoms with Gasteiger partial charge in [0.2, 0.25) is 0 Å². The highest BCUT2D eigenvalue weighted by atomic mass is 16.7. The van der Waals surface area contributed by atoms with Gasteiger partial charge in [0.15, 0.2) is 12.4 Å². The van der Waals surface area contributed by atoms with E-state index in [1.165, 1.54) is 0 Å². The third-order valence-corrected chi connectivity index (χ3v) is 3.07. The van der Waals surface area contributed by atoms with Gasteiger partial charge in [-0.05, 0) is 31.5 Å². The molecule has 1 aliphatic heterocycles. The molecule has 116 valence electrons. The zero-order valence-electron chi connectivity index (χ0n) is 12.4. The Balaban J connectivity index is 1.70. The first-order chi connectivity index (χ1) is 9.94. The van der Waals surface area contributed by atoms with Gasteiger partial charge in [0.1, 0.15) is 5.75 Å². The van der Waals surface area contributed by atoms with E-state index < -0.39 is 11.7 Å². The molecule has 1 atom stereocenters. The number of carbonyl (C=O) groups is 1. The molecule has 0 radical (unpaired) electrons. The summed E-state index contributed by atoms with van der Waals surface area (Å²) in [6, 6.07) is 7.52. The number of benzene rings is 1. The first kappa shape index (κ1) is 15.8. The summed E-state index contributed by atoms with van der Waals surface area (Å²) in [6.45, 7) is 5.81.